The highest BCUT2D eigenvalue weighted by Crippen LogP contribution is 2.44. The van der Waals surface area contributed by atoms with Crippen LogP contribution in [0.1, 0.15) is 13.8 Å². The molecule has 13 rings (SSSR count). The molecule has 0 aromatic carbocycles. The van der Waals surface area contributed by atoms with E-state index in [0.717, 1.165) is 13.8 Å². The second-order valence-electron chi connectivity index (χ2n) is 38.0. The molecule has 13 heterocycles. The van der Waals surface area contributed by atoms with E-state index in [2.05, 4.69) is 10.6 Å². The largest absolute Gasteiger partial charge is 0.394 e. The third-order valence-electron chi connectivity index (χ3n) is 28.0. The summed E-state index contributed by atoms with van der Waals surface area (Å²) in [4.78, 5) is 25.6. The Hall–Kier alpha value is -3.62. The number of aliphatic hydroxyl groups is 39. The highest BCUT2D eigenvalue weighted by atomic mass is 16.8. The van der Waals surface area contributed by atoms with Crippen LogP contribution in [0.3, 0.4) is 0 Å². The van der Waals surface area contributed by atoms with Gasteiger partial charge in [-0.05, 0) is 0 Å². The van der Waals surface area contributed by atoms with E-state index < -0.39 is 497 Å². The SMILES string of the molecule is CC(=O)N[C@H]1[C@H](O[C@H]2[C@H](O)[C@H](NC(C)=O)[C@H](O)O[C@@H]2CO)O[C@H](CO)[C@@H](O[C@@H]2O[C@H](CO[C@H]3O[C@H](CO[C@H]4O[C@H](CO)[C@@H](O)[C@H](O)[C@@H]4O)[C@@H](O)[C@H](O[C@H]4O[C@H](CO)[C@@H](O)[C@H](O)[C@@H]4O)[C@@H]3O)[C@@H](O)[C@H](O[C@H]3O[C@H](CO[C@H]4O[C@H](CO)[C@@H](O)[C@H](O)[C@@H]4O)[C@@H](O)[C@H](O)[C@@H]3O[C@H]3O[C@H](CO)[C@@H](O)[C@H](O)[C@@H]3O[C@H]3O[C@H](CO)[C@@H](O)[C@H](O[C@H]4O[C@H](CO)[C@@H](O)[C@H](O[C@H]5O[C@H](CO)[C@@H](O)[C@H](O)[C@H]5O[C@H]5O[C@H](CO)[C@@H](O)[C@H](O)[C@H]5O)[C@H]4O)[C@@H]3O)[C@@H]2O)[C@@H]1O. The van der Waals surface area contributed by atoms with Crippen molar-refractivity contribution in [2.45, 2.75) is 413 Å². The van der Waals surface area contributed by atoms with Crippen LogP contribution in [0.5, 0.6) is 0 Å². The van der Waals surface area contributed by atoms with Gasteiger partial charge in [0.05, 0.1) is 85.9 Å². The summed E-state index contributed by atoms with van der Waals surface area (Å²) < 4.78 is 147. The summed E-state index contributed by atoms with van der Waals surface area (Å²) in [5.74, 6) is -1.89. The molecule has 2 amide bonds. The predicted molar refractivity (Wildman–Crippen MR) is 451 cm³/mol. The first-order valence-corrected chi connectivity index (χ1v) is 47.7. The van der Waals surface area contributed by atoms with Crippen molar-refractivity contribution in [3.05, 3.63) is 0 Å². The summed E-state index contributed by atoms with van der Waals surface area (Å²) in [6.07, 6.45) is -143. The van der Waals surface area contributed by atoms with Crippen LogP contribution in [-0.2, 0) is 128 Å². The molecule has 13 aliphatic rings. The minimum absolute atomic E-state index is 0.851. The van der Waals surface area contributed by atoms with Crippen LogP contribution < -0.4 is 10.6 Å². The van der Waals surface area contributed by atoms with Crippen LogP contribution in [-0.4, -0.2) is 696 Å². The van der Waals surface area contributed by atoms with E-state index in [0.29, 0.717) is 0 Å². The van der Waals surface area contributed by atoms with Crippen LogP contribution in [0.25, 0.3) is 0 Å². The number of carbonyl (C=O) groups excluding carboxylic acids is 2. The van der Waals surface area contributed by atoms with E-state index in [1.807, 2.05) is 0 Å². The average molecular weight is 2210 g/mol. The van der Waals surface area contributed by atoms with Crippen molar-refractivity contribution in [1.29, 1.82) is 0 Å². The zero-order chi connectivity index (χ0) is 110. The van der Waals surface area contributed by atoms with E-state index in [-0.39, 0.29) is 0 Å². The van der Waals surface area contributed by atoms with Gasteiger partial charge in [0.2, 0.25) is 11.8 Å². The van der Waals surface area contributed by atoms with Crippen molar-refractivity contribution >= 4 is 11.8 Å². The number of ether oxygens (including phenoxy) is 25. The fraction of sp³-hybridized carbons (Fsp3) is 0.976. The van der Waals surface area contributed by atoms with Gasteiger partial charge in [-0.25, -0.2) is 0 Å². The zero-order valence-corrected chi connectivity index (χ0v) is 79.2. The molecule has 68 nitrogen and oxygen atoms in total. The minimum Gasteiger partial charge on any atom is -0.394 e. The van der Waals surface area contributed by atoms with Gasteiger partial charge in [0.1, 0.15) is 317 Å². The first-order valence-electron chi connectivity index (χ1n) is 47.7. The maximum absolute atomic E-state index is 13.3. The first kappa shape index (κ1) is 123. The lowest BCUT2D eigenvalue weighted by Gasteiger charge is -2.51. The topological polar surface area (TPSA) is 1080 Å². The molecule has 0 spiro atoms. The van der Waals surface area contributed by atoms with Crippen LogP contribution >= 0.6 is 0 Å². The minimum atomic E-state index is -2.82. The molecule has 0 unspecified atom stereocenters. The number of nitrogens with one attached hydrogen (secondary N) is 2. The first-order chi connectivity index (χ1) is 71.1. The van der Waals surface area contributed by atoms with Gasteiger partial charge >= 0.3 is 0 Å². The van der Waals surface area contributed by atoms with Crippen molar-refractivity contribution in [3.63, 3.8) is 0 Å². The van der Waals surface area contributed by atoms with Gasteiger partial charge in [-0.1, -0.05) is 0 Å². The molecule has 0 aliphatic carbocycles. The maximum Gasteiger partial charge on any atom is 0.217 e. The Kier molecular flexibility index (Phi) is 44.2. The quantitative estimate of drug-likeness (QED) is 0.0272. The fourth-order valence-electron chi connectivity index (χ4n) is 19.3. The molecule has 0 saturated carbocycles. The van der Waals surface area contributed by atoms with Crippen molar-refractivity contribution in [1.82, 2.24) is 10.6 Å². The van der Waals surface area contributed by atoms with E-state index in [1.54, 1.807) is 0 Å². The summed E-state index contributed by atoms with van der Waals surface area (Å²) >= 11 is 0. The predicted octanol–water partition coefficient (Wildman–Crippen LogP) is -29.0. The fourth-order valence-corrected chi connectivity index (χ4v) is 19.3. The van der Waals surface area contributed by atoms with Gasteiger partial charge in [0.15, 0.2) is 81.8 Å². The number of hydrogen-bond acceptors (Lipinski definition) is 66. The Balaban J connectivity index is 0.842. The van der Waals surface area contributed by atoms with Crippen LogP contribution in [0.4, 0.5) is 0 Å². The highest BCUT2D eigenvalue weighted by Gasteiger charge is 2.64. The number of carbonyl (C=O) groups is 2. The molecule has 41 N–H and O–H groups in total. The molecular formula is C82H138N2O66. The number of aliphatic hydroxyl groups excluding tert-OH is 39. The number of amides is 2. The third-order valence-corrected chi connectivity index (χ3v) is 28.0. The Morgan fingerprint density at radius 1 is 0.173 bits per heavy atom. The molecule has 0 aromatic rings. The van der Waals surface area contributed by atoms with E-state index in [1.165, 1.54) is 0 Å². The highest BCUT2D eigenvalue weighted by molar-refractivity contribution is 5.73. The van der Waals surface area contributed by atoms with E-state index in [4.69, 9.17) is 118 Å². The molecule has 13 aliphatic heterocycles. The van der Waals surface area contributed by atoms with Gasteiger partial charge in [0.25, 0.3) is 0 Å². The molecule has 0 radical (unpaired) electrons. The van der Waals surface area contributed by atoms with Gasteiger partial charge < -0.3 is 328 Å². The Labute approximate surface area is 845 Å². The molecular weight excluding hydrogens is 2070 g/mol. The summed E-state index contributed by atoms with van der Waals surface area (Å²) in [5.41, 5.74) is 0. The van der Waals surface area contributed by atoms with Gasteiger partial charge in [-0.15, -0.1) is 0 Å². The van der Waals surface area contributed by atoms with Crippen molar-refractivity contribution < 1.29 is 327 Å². The van der Waals surface area contributed by atoms with Crippen molar-refractivity contribution in [2.24, 2.45) is 0 Å². The molecule has 65 atom stereocenters. The monoisotopic (exact) mass is 2210 g/mol. The lowest BCUT2D eigenvalue weighted by molar-refractivity contribution is -0.414. The Morgan fingerprint density at radius 3 is 0.687 bits per heavy atom. The normalized spacial score (nSPS) is 52.1. The van der Waals surface area contributed by atoms with Crippen LogP contribution in [0, 0.1) is 0 Å². The van der Waals surface area contributed by atoms with Crippen molar-refractivity contribution in [3.8, 4) is 0 Å². The number of rotatable bonds is 39. The second kappa shape index (κ2) is 53.8. The standard InChI is InChI=1S/C82H138N2O66/c1-16(95)83-31-44(108)61(26(11-93)129-70(31)125)142-71-32(84-17(2)96)45(109)62(27(12-94)138-71)143-79-60(124)66(43(107)30(140-79)15-128-74-57(121)65(144-75-55(119)48(112)35(99)20(5-87)132-75)42(106)29(139-74)14-127-73-54(118)47(111)34(98)19(4-86)131-73)147-82-69(52(116)39(103)28(141-82)13-126-72-53(117)46(110)33(97)18(3-85)130-72)150-81-68(51(115)38(102)23(8-90)137-81)149-78-58(122)63(40(104)24(9-91)135-78)145-77-59(123)64(41(105)25(10-92)134-77)146-80-67(50(114)37(101)22(7-89)136-80)148-76-56(120)49(113)36(100)21(6-88)133-76/h18-82,85-94,97-125H,3-15H2,1-2H3,(H,83,95)(H,84,96)/t18-,19-,20-,21-,22-,23-,24-,25-,26-,27-,28-,29-,30-,31+,32-,33-,34-,35-,36-,37-,38-,39-,40-,41-,42-,43-,44-,45-,46+,47+,48+,49+,50+,51+,52+,53+,54+,55+,56-,57+,58+,59-,60+,61-,62-,63+,64+,65+,66+,67-,68+,69+,70-,71+,72+,73+,74+,75-,76-,77-,78-,79+,80-,81-,82-/m1/s1. The Bertz CT molecular complexity index is 4070. The van der Waals surface area contributed by atoms with Gasteiger partial charge in [-0.2, -0.15) is 0 Å². The average Bonchev–Trinajstić information content (AvgIpc) is 0.760. The van der Waals surface area contributed by atoms with Crippen molar-refractivity contribution in [2.75, 3.05) is 85.9 Å². The third kappa shape index (κ3) is 26.4. The lowest BCUT2D eigenvalue weighted by atomic mass is 9.94. The molecule has 13 saturated heterocycles. The van der Waals surface area contributed by atoms with Crippen LogP contribution in [0.2, 0.25) is 0 Å². The smallest absolute Gasteiger partial charge is 0.217 e. The molecule has 68 heteroatoms. The molecule has 150 heavy (non-hydrogen) atoms. The van der Waals surface area contributed by atoms with E-state index >= 15 is 0 Å². The lowest BCUT2D eigenvalue weighted by Crippen LogP contribution is -2.70. The summed E-state index contributed by atoms with van der Waals surface area (Å²) in [7, 11) is 0. The number of hydrogen-bond donors (Lipinski definition) is 41. The molecule has 872 valence electrons. The maximum atomic E-state index is 13.3. The van der Waals surface area contributed by atoms with Gasteiger partial charge in [0, 0.05) is 13.8 Å². The summed E-state index contributed by atoms with van der Waals surface area (Å²) in [6.45, 7) is -13.5. The Morgan fingerprint density at radius 2 is 0.360 bits per heavy atom. The second-order valence-corrected chi connectivity index (χ2v) is 38.0. The molecule has 13 fully saturated rings. The molecule has 0 aromatic heterocycles. The van der Waals surface area contributed by atoms with Crippen LogP contribution in [0.15, 0.2) is 0 Å². The summed E-state index contributed by atoms with van der Waals surface area (Å²) in [6, 6.07) is -3.81. The van der Waals surface area contributed by atoms with E-state index in [9.17, 15) is 209 Å². The summed E-state index contributed by atoms with van der Waals surface area (Å²) in [5, 5.41) is 444. The van der Waals surface area contributed by atoms with Gasteiger partial charge in [-0.3, -0.25) is 9.59 Å². The molecule has 0 bridgehead atoms. The zero-order valence-electron chi connectivity index (χ0n) is 79.2.